The van der Waals surface area contributed by atoms with Crippen LogP contribution in [-0.4, -0.2) is 37.9 Å². The van der Waals surface area contributed by atoms with Gasteiger partial charge in [0.05, 0.1) is 5.75 Å². The van der Waals surface area contributed by atoms with Crippen molar-refractivity contribution in [3.63, 3.8) is 0 Å². The van der Waals surface area contributed by atoms with Crippen molar-refractivity contribution in [3.8, 4) is 0 Å². The number of benzene rings is 1. The van der Waals surface area contributed by atoms with Crippen LogP contribution in [0.3, 0.4) is 0 Å². The van der Waals surface area contributed by atoms with Gasteiger partial charge in [-0.25, -0.2) is 8.42 Å². The molecule has 1 atom stereocenters. The Balaban J connectivity index is 2.66. The molecule has 0 aliphatic heterocycles. The highest BCUT2D eigenvalue weighted by Crippen LogP contribution is 2.17. The molecule has 3 nitrogen and oxygen atoms in total. The van der Waals surface area contributed by atoms with E-state index in [2.05, 4.69) is 0 Å². The van der Waals surface area contributed by atoms with Gasteiger partial charge in [-0.15, -0.1) is 0 Å². The van der Waals surface area contributed by atoms with Crippen molar-refractivity contribution in [2.45, 2.75) is 26.4 Å². The highest BCUT2D eigenvalue weighted by atomic mass is 35.5. The lowest BCUT2D eigenvalue weighted by Gasteiger charge is -2.24. The van der Waals surface area contributed by atoms with Crippen LogP contribution in [0.1, 0.15) is 19.4 Å². The molecule has 0 amide bonds. The van der Waals surface area contributed by atoms with Crippen LogP contribution >= 0.6 is 11.6 Å². The number of halogens is 1. The Labute approximate surface area is 115 Å². The highest BCUT2D eigenvalue weighted by molar-refractivity contribution is 7.91. The first kappa shape index (κ1) is 15.5. The summed E-state index contributed by atoms with van der Waals surface area (Å²) >= 11 is 6.09. The molecule has 0 N–H and O–H groups in total. The molecular weight excluding hydrogens is 270 g/mol. The highest BCUT2D eigenvalue weighted by Gasteiger charge is 2.18. The maximum Gasteiger partial charge on any atom is 0.151 e. The van der Waals surface area contributed by atoms with E-state index in [9.17, 15) is 8.42 Å². The van der Waals surface area contributed by atoms with E-state index in [1.165, 1.54) is 0 Å². The standard InChI is InChI=1S/C13H20ClNO2S/c1-4-18(16,17)10-11(2)15(3)9-12-7-5-6-8-13(12)14/h5-8,11H,4,9-10H2,1-3H3. The summed E-state index contributed by atoms with van der Waals surface area (Å²) in [5.74, 6) is 0.377. The third kappa shape index (κ3) is 4.59. The summed E-state index contributed by atoms with van der Waals surface area (Å²) in [5, 5.41) is 0.717. The molecule has 0 fully saturated rings. The van der Waals surface area contributed by atoms with E-state index in [1.807, 2.05) is 43.1 Å². The molecule has 1 aromatic rings. The van der Waals surface area contributed by atoms with Crippen molar-refractivity contribution in [2.75, 3.05) is 18.6 Å². The Morgan fingerprint density at radius 2 is 1.94 bits per heavy atom. The summed E-state index contributed by atoms with van der Waals surface area (Å²) in [5.41, 5.74) is 1.02. The van der Waals surface area contributed by atoms with E-state index in [4.69, 9.17) is 11.6 Å². The first-order valence-electron chi connectivity index (χ1n) is 5.99. The van der Waals surface area contributed by atoms with Gasteiger partial charge < -0.3 is 0 Å². The minimum atomic E-state index is -2.94. The Hall–Kier alpha value is -0.580. The molecule has 0 aromatic heterocycles. The van der Waals surface area contributed by atoms with E-state index >= 15 is 0 Å². The number of hydrogen-bond acceptors (Lipinski definition) is 3. The lowest BCUT2D eigenvalue weighted by atomic mass is 10.2. The van der Waals surface area contributed by atoms with Crippen LogP contribution in [0.15, 0.2) is 24.3 Å². The SMILES string of the molecule is CCS(=O)(=O)CC(C)N(C)Cc1ccccc1Cl. The molecule has 5 heteroatoms. The second-order valence-corrected chi connectivity index (χ2v) is 7.36. The first-order chi connectivity index (χ1) is 8.35. The first-order valence-corrected chi connectivity index (χ1v) is 8.19. The predicted octanol–water partition coefficient (Wildman–Crippen LogP) is 2.60. The van der Waals surface area contributed by atoms with E-state index in [-0.39, 0.29) is 17.5 Å². The number of hydrogen-bond donors (Lipinski definition) is 0. The van der Waals surface area contributed by atoms with Gasteiger partial charge in [0.15, 0.2) is 9.84 Å². The molecule has 18 heavy (non-hydrogen) atoms. The Kier molecular flexibility index (Phi) is 5.63. The lowest BCUT2D eigenvalue weighted by Crippen LogP contribution is -2.35. The predicted molar refractivity (Wildman–Crippen MR) is 76.7 cm³/mol. The van der Waals surface area contributed by atoms with Crippen LogP contribution in [-0.2, 0) is 16.4 Å². The third-order valence-corrected chi connectivity index (χ3v) is 5.30. The van der Waals surface area contributed by atoms with Gasteiger partial charge in [0, 0.05) is 23.4 Å². The van der Waals surface area contributed by atoms with Gasteiger partial charge in [-0.1, -0.05) is 36.7 Å². The van der Waals surface area contributed by atoms with E-state index in [1.54, 1.807) is 6.92 Å². The Bertz CT molecular complexity index is 488. The topological polar surface area (TPSA) is 37.4 Å². The second kappa shape index (κ2) is 6.55. The van der Waals surface area contributed by atoms with E-state index in [0.717, 1.165) is 10.6 Å². The lowest BCUT2D eigenvalue weighted by molar-refractivity contribution is 0.267. The van der Waals surface area contributed by atoms with Gasteiger partial charge in [0.1, 0.15) is 0 Å². The van der Waals surface area contributed by atoms with Crippen molar-refractivity contribution in [3.05, 3.63) is 34.9 Å². The summed E-state index contributed by atoms with van der Waals surface area (Å²) in [4.78, 5) is 2.01. The van der Waals surface area contributed by atoms with Crippen molar-refractivity contribution in [1.29, 1.82) is 0 Å². The Morgan fingerprint density at radius 3 is 2.50 bits per heavy atom. The van der Waals surface area contributed by atoms with Crippen LogP contribution < -0.4 is 0 Å². The normalized spacial score (nSPS) is 13.8. The monoisotopic (exact) mass is 289 g/mol. The fourth-order valence-electron chi connectivity index (χ4n) is 1.66. The molecule has 0 aliphatic rings. The Morgan fingerprint density at radius 1 is 1.33 bits per heavy atom. The molecule has 0 spiro atoms. The quantitative estimate of drug-likeness (QED) is 0.808. The maximum atomic E-state index is 11.6. The van der Waals surface area contributed by atoms with Gasteiger partial charge in [0.25, 0.3) is 0 Å². The summed E-state index contributed by atoms with van der Waals surface area (Å²) in [7, 11) is -1.02. The average molecular weight is 290 g/mol. The van der Waals surface area contributed by atoms with Crippen LogP contribution in [0, 0.1) is 0 Å². The van der Waals surface area contributed by atoms with Gasteiger partial charge in [-0.2, -0.15) is 0 Å². The smallest absolute Gasteiger partial charge is 0.151 e. The molecule has 1 rings (SSSR count). The van der Waals surface area contributed by atoms with Gasteiger partial charge in [-0.05, 0) is 25.6 Å². The summed E-state index contributed by atoms with van der Waals surface area (Å²) in [6.45, 7) is 4.25. The summed E-state index contributed by atoms with van der Waals surface area (Å²) in [6.07, 6.45) is 0. The van der Waals surface area contributed by atoms with Crippen molar-refractivity contribution >= 4 is 21.4 Å². The minimum Gasteiger partial charge on any atom is -0.298 e. The largest absolute Gasteiger partial charge is 0.298 e. The number of nitrogens with zero attached hydrogens (tertiary/aromatic N) is 1. The molecule has 0 heterocycles. The fourth-order valence-corrected chi connectivity index (χ4v) is 3.08. The maximum absolute atomic E-state index is 11.6. The molecule has 102 valence electrons. The number of sulfone groups is 1. The molecule has 1 aromatic carbocycles. The molecule has 0 bridgehead atoms. The number of rotatable bonds is 6. The van der Waals surface area contributed by atoms with Crippen molar-refractivity contribution < 1.29 is 8.42 Å². The van der Waals surface area contributed by atoms with Gasteiger partial charge >= 0.3 is 0 Å². The summed E-state index contributed by atoms with van der Waals surface area (Å²) in [6, 6.07) is 7.60. The van der Waals surface area contributed by atoms with Crippen LogP contribution in [0.25, 0.3) is 0 Å². The molecular formula is C13H20ClNO2S. The second-order valence-electron chi connectivity index (χ2n) is 4.55. The van der Waals surface area contributed by atoms with Crippen LogP contribution in [0.2, 0.25) is 5.02 Å². The van der Waals surface area contributed by atoms with Crippen molar-refractivity contribution in [2.24, 2.45) is 0 Å². The molecule has 0 radical (unpaired) electrons. The fraction of sp³-hybridized carbons (Fsp3) is 0.538. The van der Waals surface area contributed by atoms with Crippen LogP contribution in [0.5, 0.6) is 0 Å². The van der Waals surface area contributed by atoms with E-state index in [0.29, 0.717) is 6.54 Å². The van der Waals surface area contributed by atoms with E-state index < -0.39 is 9.84 Å². The van der Waals surface area contributed by atoms with Crippen molar-refractivity contribution in [1.82, 2.24) is 4.90 Å². The van der Waals surface area contributed by atoms with Gasteiger partial charge in [-0.3, -0.25) is 4.90 Å². The molecule has 1 unspecified atom stereocenters. The zero-order valence-electron chi connectivity index (χ0n) is 11.1. The third-order valence-electron chi connectivity index (χ3n) is 3.06. The molecule has 0 saturated carbocycles. The zero-order valence-corrected chi connectivity index (χ0v) is 12.6. The minimum absolute atomic E-state index is 0.0220. The van der Waals surface area contributed by atoms with Gasteiger partial charge in [0.2, 0.25) is 0 Å². The zero-order chi connectivity index (χ0) is 13.8. The molecule has 0 aliphatic carbocycles. The van der Waals surface area contributed by atoms with Crippen LogP contribution in [0.4, 0.5) is 0 Å². The summed E-state index contributed by atoms with van der Waals surface area (Å²) < 4.78 is 23.2. The molecule has 0 saturated heterocycles. The average Bonchev–Trinajstić information content (AvgIpc) is 2.31.